The summed E-state index contributed by atoms with van der Waals surface area (Å²) in [6, 6.07) is 4.92. The first-order chi connectivity index (χ1) is 10.1. The number of carboxylic acid groups (broad SMARTS) is 1. The van der Waals surface area contributed by atoms with E-state index in [1.807, 2.05) is 0 Å². The Kier molecular flexibility index (Phi) is 5.52. The second-order valence-corrected chi connectivity index (χ2v) is 5.22. The minimum absolute atomic E-state index is 0.174. The molecule has 1 saturated heterocycles. The number of carbonyl (C=O) groups is 1. The van der Waals surface area contributed by atoms with Gasteiger partial charge in [0.25, 0.3) is 0 Å². The number of hydrogen-bond acceptors (Lipinski definition) is 4. The highest BCUT2D eigenvalue weighted by Gasteiger charge is 2.18. The Morgan fingerprint density at radius 2 is 1.95 bits per heavy atom. The summed E-state index contributed by atoms with van der Waals surface area (Å²) in [7, 11) is 1.52. The molecule has 1 fully saturated rings. The van der Waals surface area contributed by atoms with Crippen LogP contribution in [0.3, 0.4) is 0 Å². The van der Waals surface area contributed by atoms with E-state index in [-0.39, 0.29) is 12.2 Å². The highest BCUT2D eigenvalue weighted by molar-refractivity contribution is 5.66. The Bertz CT molecular complexity index is 488. The van der Waals surface area contributed by atoms with Crippen LogP contribution >= 0.6 is 0 Å². The number of benzene rings is 1. The second kappa shape index (κ2) is 7.38. The molecule has 116 valence electrons. The van der Waals surface area contributed by atoms with Crippen molar-refractivity contribution in [2.24, 2.45) is 0 Å². The van der Waals surface area contributed by atoms with Gasteiger partial charge in [0.2, 0.25) is 0 Å². The Hall–Kier alpha value is -1.66. The summed E-state index contributed by atoms with van der Waals surface area (Å²) in [6.45, 7) is 4.45. The zero-order valence-corrected chi connectivity index (χ0v) is 12.2. The smallest absolute Gasteiger partial charge is 0.304 e. The van der Waals surface area contributed by atoms with Crippen molar-refractivity contribution in [3.8, 4) is 5.75 Å². The van der Waals surface area contributed by atoms with Crippen LogP contribution in [-0.2, 0) is 11.3 Å². The molecule has 1 heterocycles. The van der Waals surface area contributed by atoms with Crippen LogP contribution in [0.2, 0.25) is 0 Å². The van der Waals surface area contributed by atoms with Gasteiger partial charge in [-0.1, -0.05) is 6.07 Å². The van der Waals surface area contributed by atoms with E-state index in [2.05, 4.69) is 9.80 Å². The SMILES string of the molecule is COc1ccc(CN2CCN(CCC(=O)O)CC2)c(F)c1. The first-order valence-electron chi connectivity index (χ1n) is 7.07. The van der Waals surface area contributed by atoms with Crippen LogP contribution in [-0.4, -0.2) is 60.7 Å². The summed E-state index contributed by atoms with van der Waals surface area (Å²) in [6.07, 6.45) is 0.174. The van der Waals surface area contributed by atoms with E-state index in [9.17, 15) is 9.18 Å². The van der Waals surface area contributed by atoms with Gasteiger partial charge in [0.1, 0.15) is 11.6 Å². The number of ether oxygens (including phenoxy) is 1. The Morgan fingerprint density at radius 3 is 2.52 bits per heavy atom. The van der Waals surface area contributed by atoms with Crippen LogP contribution in [0.25, 0.3) is 0 Å². The molecular formula is C15H21FN2O3. The number of aliphatic carboxylic acids is 1. The maximum Gasteiger partial charge on any atom is 0.304 e. The molecule has 0 saturated carbocycles. The zero-order chi connectivity index (χ0) is 15.2. The number of carboxylic acids is 1. The highest BCUT2D eigenvalue weighted by atomic mass is 19.1. The predicted octanol–water partition coefficient (Wildman–Crippen LogP) is 1.43. The first-order valence-corrected chi connectivity index (χ1v) is 7.07. The molecule has 0 aromatic heterocycles. The quantitative estimate of drug-likeness (QED) is 0.860. The van der Waals surface area contributed by atoms with Crippen LogP contribution in [0.1, 0.15) is 12.0 Å². The summed E-state index contributed by atoms with van der Waals surface area (Å²) in [5.74, 6) is -0.491. The molecular weight excluding hydrogens is 275 g/mol. The van der Waals surface area contributed by atoms with Gasteiger partial charge >= 0.3 is 5.97 Å². The average Bonchev–Trinajstić information content (AvgIpc) is 2.48. The van der Waals surface area contributed by atoms with Crippen LogP contribution < -0.4 is 4.74 Å². The monoisotopic (exact) mass is 296 g/mol. The van der Waals surface area contributed by atoms with E-state index >= 15 is 0 Å². The molecule has 1 aromatic carbocycles. The number of piperazine rings is 1. The molecule has 0 unspecified atom stereocenters. The van der Waals surface area contributed by atoms with Crippen molar-refractivity contribution in [2.45, 2.75) is 13.0 Å². The molecule has 1 aliphatic rings. The van der Waals surface area contributed by atoms with Crippen molar-refractivity contribution >= 4 is 5.97 Å². The molecule has 1 aliphatic heterocycles. The third-order valence-electron chi connectivity index (χ3n) is 3.76. The molecule has 1 aromatic rings. The molecule has 0 atom stereocenters. The number of rotatable bonds is 6. The lowest BCUT2D eigenvalue weighted by Gasteiger charge is -2.34. The fraction of sp³-hybridized carbons (Fsp3) is 0.533. The molecule has 0 bridgehead atoms. The standard InChI is InChI=1S/C15H21FN2O3/c1-21-13-3-2-12(14(16)10-13)11-18-8-6-17(7-9-18)5-4-15(19)20/h2-3,10H,4-9,11H2,1H3,(H,19,20). The number of methoxy groups -OCH3 is 1. The fourth-order valence-electron chi connectivity index (χ4n) is 2.45. The van der Waals surface area contributed by atoms with Crippen molar-refractivity contribution in [1.29, 1.82) is 0 Å². The normalized spacial score (nSPS) is 16.9. The average molecular weight is 296 g/mol. The molecule has 21 heavy (non-hydrogen) atoms. The summed E-state index contributed by atoms with van der Waals surface area (Å²) in [5, 5.41) is 8.68. The topological polar surface area (TPSA) is 53.0 Å². The van der Waals surface area contributed by atoms with Gasteiger partial charge in [0, 0.05) is 50.9 Å². The van der Waals surface area contributed by atoms with E-state index in [1.165, 1.54) is 13.2 Å². The molecule has 0 aliphatic carbocycles. The van der Waals surface area contributed by atoms with Gasteiger partial charge in [-0.05, 0) is 6.07 Å². The second-order valence-electron chi connectivity index (χ2n) is 5.22. The first kappa shape index (κ1) is 15.7. The van der Waals surface area contributed by atoms with Gasteiger partial charge in [-0.25, -0.2) is 4.39 Å². The van der Waals surface area contributed by atoms with Crippen molar-refractivity contribution in [2.75, 3.05) is 39.8 Å². The Balaban J connectivity index is 1.82. The molecule has 6 heteroatoms. The number of halogens is 1. The molecule has 0 amide bonds. The van der Waals surface area contributed by atoms with E-state index < -0.39 is 5.97 Å². The van der Waals surface area contributed by atoms with Crippen LogP contribution in [0.15, 0.2) is 18.2 Å². The van der Waals surface area contributed by atoms with E-state index in [1.54, 1.807) is 12.1 Å². The predicted molar refractivity (Wildman–Crippen MR) is 76.9 cm³/mol. The van der Waals surface area contributed by atoms with Crippen molar-refractivity contribution in [3.63, 3.8) is 0 Å². The largest absolute Gasteiger partial charge is 0.497 e. The lowest BCUT2D eigenvalue weighted by molar-refractivity contribution is -0.137. The Labute approximate surface area is 123 Å². The van der Waals surface area contributed by atoms with Gasteiger partial charge in [0.05, 0.1) is 13.5 Å². The van der Waals surface area contributed by atoms with Gasteiger partial charge in [-0.15, -0.1) is 0 Å². The third-order valence-corrected chi connectivity index (χ3v) is 3.76. The van der Waals surface area contributed by atoms with E-state index in [4.69, 9.17) is 9.84 Å². The van der Waals surface area contributed by atoms with E-state index in [0.717, 1.165) is 26.2 Å². The van der Waals surface area contributed by atoms with Gasteiger partial charge in [-0.2, -0.15) is 0 Å². The molecule has 0 spiro atoms. The lowest BCUT2D eigenvalue weighted by atomic mass is 10.1. The Morgan fingerprint density at radius 1 is 1.29 bits per heavy atom. The summed E-state index contributed by atoms with van der Waals surface area (Å²) >= 11 is 0. The van der Waals surface area contributed by atoms with Crippen molar-refractivity contribution in [1.82, 2.24) is 9.80 Å². The summed E-state index contributed by atoms with van der Waals surface area (Å²) in [4.78, 5) is 14.9. The highest BCUT2D eigenvalue weighted by Crippen LogP contribution is 2.18. The molecule has 1 N–H and O–H groups in total. The van der Waals surface area contributed by atoms with E-state index in [0.29, 0.717) is 24.4 Å². The zero-order valence-electron chi connectivity index (χ0n) is 12.2. The minimum atomic E-state index is -0.766. The lowest BCUT2D eigenvalue weighted by Crippen LogP contribution is -2.46. The molecule has 0 radical (unpaired) electrons. The van der Waals surface area contributed by atoms with Gasteiger partial charge in [-0.3, -0.25) is 9.69 Å². The maximum absolute atomic E-state index is 13.9. The number of nitrogens with zero attached hydrogens (tertiary/aromatic N) is 2. The van der Waals surface area contributed by atoms with Gasteiger partial charge in [0.15, 0.2) is 0 Å². The van der Waals surface area contributed by atoms with Crippen molar-refractivity contribution < 1.29 is 19.0 Å². The van der Waals surface area contributed by atoms with Crippen LogP contribution in [0, 0.1) is 5.82 Å². The summed E-state index contributed by atoms with van der Waals surface area (Å²) < 4.78 is 18.9. The van der Waals surface area contributed by atoms with Crippen LogP contribution in [0.4, 0.5) is 4.39 Å². The fourth-order valence-corrected chi connectivity index (χ4v) is 2.45. The van der Waals surface area contributed by atoms with Crippen LogP contribution in [0.5, 0.6) is 5.75 Å². The third kappa shape index (κ3) is 4.68. The van der Waals surface area contributed by atoms with Gasteiger partial charge < -0.3 is 14.7 Å². The minimum Gasteiger partial charge on any atom is -0.497 e. The molecule has 5 nitrogen and oxygen atoms in total. The maximum atomic E-state index is 13.9. The summed E-state index contributed by atoms with van der Waals surface area (Å²) in [5.41, 5.74) is 0.662. The van der Waals surface area contributed by atoms with Crippen molar-refractivity contribution in [3.05, 3.63) is 29.6 Å². The molecule has 2 rings (SSSR count). The number of hydrogen-bond donors (Lipinski definition) is 1.